The first-order chi connectivity index (χ1) is 29.3. The number of unbranched alkanes of at least 4 members (excludes halogenated alkanes) is 16. The summed E-state index contributed by atoms with van der Waals surface area (Å²) in [5.41, 5.74) is 0. The predicted octanol–water partition coefficient (Wildman–Crippen LogP) is 10.3. The number of ether oxygens (including phenoxy) is 2. The first kappa shape index (κ1) is 55.4. The van der Waals surface area contributed by atoms with Crippen molar-refractivity contribution in [2.75, 3.05) is 13.2 Å². The molecule has 0 aliphatic carbocycles. The molecule has 0 bridgehead atoms. The van der Waals surface area contributed by atoms with E-state index in [-0.39, 0.29) is 12.5 Å². The molecule has 1 amide bonds. The van der Waals surface area contributed by atoms with Crippen LogP contribution in [0.15, 0.2) is 85.1 Å². The highest BCUT2D eigenvalue weighted by Crippen LogP contribution is 2.22. The topological polar surface area (TPSA) is 149 Å². The van der Waals surface area contributed by atoms with E-state index in [9.17, 15) is 30.3 Å². The second-order valence-corrected chi connectivity index (χ2v) is 16.2. The summed E-state index contributed by atoms with van der Waals surface area (Å²) in [4.78, 5) is 12.8. The zero-order valence-electron chi connectivity index (χ0n) is 37.7. The smallest absolute Gasteiger partial charge is 0.220 e. The van der Waals surface area contributed by atoms with Gasteiger partial charge in [0.25, 0.3) is 0 Å². The summed E-state index contributed by atoms with van der Waals surface area (Å²) >= 11 is 0. The molecule has 0 aromatic heterocycles. The minimum Gasteiger partial charge on any atom is -0.394 e. The van der Waals surface area contributed by atoms with E-state index in [0.29, 0.717) is 6.42 Å². The Morgan fingerprint density at radius 1 is 0.583 bits per heavy atom. The maximum Gasteiger partial charge on any atom is 0.220 e. The summed E-state index contributed by atoms with van der Waals surface area (Å²) in [6.07, 6.45) is 50.0. The summed E-state index contributed by atoms with van der Waals surface area (Å²) < 4.78 is 11.1. The van der Waals surface area contributed by atoms with Crippen LogP contribution in [-0.2, 0) is 14.3 Å². The van der Waals surface area contributed by atoms with Crippen molar-refractivity contribution in [2.45, 2.75) is 217 Å². The molecule has 1 saturated heterocycles. The molecule has 344 valence electrons. The number of carbonyl (C=O) groups is 1. The fourth-order valence-corrected chi connectivity index (χ4v) is 6.91. The van der Waals surface area contributed by atoms with Gasteiger partial charge in [-0.15, -0.1) is 0 Å². The van der Waals surface area contributed by atoms with Crippen LogP contribution in [0.25, 0.3) is 0 Å². The van der Waals surface area contributed by atoms with E-state index in [1.54, 1.807) is 6.08 Å². The molecular formula is C51H87NO8. The van der Waals surface area contributed by atoms with Gasteiger partial charge in [0.05, 0.1) is 25.4 Å². The Balaban J connectivity index is 2.04. The summed E-state index contributed by atoms with van der Waals surface area (Å²) in [5.74, 6) is -0.191. The maximum atomic E-state index is 12.8. The number of amides is 1. The van der Waals surface area contributed by atoms with E-state index in [2.05, 4.69) is 92.1 Å². The third kappa shape index (κ3) is 30.4. The second-order valence-electron chi connectivity index (χ2n) is 16.2. The van der Waals surface area contributed by atoms with Crippen molar-refractivity contribution in [3.05, 3.63) is 85.1 Å². The molecule has 1 fully saturated rings. The molecule has 1 rings (SSSR count). The fraction of sp³-hybridized carbons (Fsp3) is 0.706. The Labute approximate surface area is 365 Å². The van der Waals surface area contributed by atoms with Crippen LogP contribution in [0.5, 0.6) is 0 Å². The molecule has 1 aliphatic rings. The average molecular weight is 842 g/mol. The minimum absolute atomic E-state index is 0.191. The third-order valence-electron chi connectivity index (χ3n) is 10.7. The molecular weight excluding hydrogens is 755 g/mol. The molecule has 1 aliphatic heterocycles. The number of aliphatic hydroxyl groups is 5. The standard InChI is InChI=1S/C51H87NO8/c1-3-5-7-9-10-11-12-13-14-15-16-17-18-19-20-21-22-23-24-25-26-27-28-29-30-31-32-33-34-35-36-37-39-41-47(55)52-44(45(54)40-38-8-6-4-2)43-59-51-50(58)49(57)48(56)46(42-53)60-51/h5,7,10-11,13-14,16-17,19-20,22-23,38,40,44-46,48-51,53-54,56-58H,3-4,6,8-9,12,15,18,21,24-37,39,41-43H2,1-2H3,(H,52,55)/b7-5-,11-10-,14-13-,17-16-,20-19-,23-22-,40-38+. The van der Waals surface area contributed by atoms with E-state index in [0.717, 1.165) is 77.0 Å². The van der Waals surface area contributed by atoms with Crippen molar-refractivity contribution in [3.8, 4) is 0 Å². The molecule has 0 spiro atoms. The SMILES string of the molecule is CC/C=C\C/C=C\C/C=C\C/C=C\C/C=C\C/C=C\CCCCCCCCCCCCCCCCC(=O)NC(COC1OC(CO)C(O)C(O)C1O)C(O)/C=C/CCCC. The summed E-state index contributed by atoms with van der Waals surface area (Å²) in [7, 11) is 0. The largest absolute Gasteiger partial charge is 0.394 e. The average Bonchev–Trinajstić information content (AvgIpc) is 3.25. The normalized spacial score (nSPS) is 21.4. The van der Waals surface area contributed by atoms with Gasteiger partial charge in [-0.3, -0.25) is 4.79 Å². The fourth-order valence-electron chi connectivity index (χ4n) is 6.91. The summed E-state index contributed by atoms with van der Waals surface area (Å²) in [6.45, 7) is 3.48. The van der Waals surface area contributed by atoms with Crippen LogP contribution in [0.1, 0.15) is 174 Å². The Hall–Kier alpha value is -2.63. The van der Waals surface area contributed by atoms with Crippen LogP contribution in [0, 0.1) is 0 Å². The van der Waals surface area contributed by atoms with Crippen molar-refractivity contribution >= 4 is 5.91 Å². The monoisotopic (exact) mass is 842 g/mol. The Bertz CT molecular complexity index is 1210. The number of nitrogens with one attached hydrogen (secondary N) is 1. The number of carbonyl (C=O) groups excluding carboxylic acids is 1. The van der Waals surface area contributed by atoms with Gasteiger partial charge in [-0.1, -0.05) is 189 Å². The van der Waals surface area contributed by atoms with E-state index >= 15 is 0 Å². The minimum atomic E-state index is -1.57. The molecule has 9 heteroatoms. The first-order valence-electron chi connectivity index (χ1n) is 23.8. The Morgan fingerprint density at radius 2 is 1.03 bits per heavy atom. The zero-order valence-corrected chi connectivity index (χ0v) is 37.7. The molecule has 0 saturated carbocycles. The highest BCUT2D eigenvalue weighted by Gasteiger charge is 2.44. The highest BCUT2D eigenvalue weighted by atomic mass is 16.7. The van der Waals surface area contributed by atoms with Crippen LogP contribution in [0.3, 0.4) is 0 Å². The number of rotatable bonds is 38. The highest BCUT2D eigenvalue weighted by molar-refractivity contribution is 5.76. The number of hydrogen-bond donors (Lipinski definition) is 6. The molecule has 0 aromatic rings. The molecule has 7 atom stereocenters. The van der Waals surface area contributed by atoms with Gasteiger partial charge in [0, 0.05) is 6.42 Å². The molecule has 0 aromatic carbocycles. The van der Waals surface area contributed by atoms with E-state index < -0.39 is 49.5 Å². The van der Waals surface area contributed by atoms with Gasteiger partial charge >= 0.3 is 0 Å². The third-order valence-corrected chi connectivity index (χ3v) is 10.7. The van der Waals surface area contributed by atoms with Gasteiger partial charge in [0.15, 0.2) is 6.29 Å². The molecule has 7 unspecified atom stereocenters. The van der Waals surface area contributed by atoms with Gasteiger partial charge in [0.1, 0.15) is 24.4 Å². The lowest BCUT2D eigenvalue weighted by Gasteiger charge is -2.40. The zero-order chi connectivity index (χ0) is 43.7. The molecule has 1 heterocycles. The van der Waals surface area contributed by atoms with Crippen molar-refractivity contribution in [3.63, 3.8) is 0 Å². The number of allylic oxidation sites excluding steroid dienone is 13. The van der Waals surface area contributed by atoms with Crippen molar-refractivity contribution in [1.29, 1.82) is 0 Å². The maximum absolute atomic E-state index is 12.8. The molecule has 60 heavy (non-hydrogen) atoms. The number of hydrogen-bond acceptors (Lipinski definition) is 8. The lowest BCUT2D eigenvalue weighted by molar-refractivity contribution is -0.302. The Kier molecular flexibility index (Phi) is 37.3. The van der Waals surface area contributed by atoms with Crippen molar-refractivity contribution in [1.82, 2.24) is 5.32 Å². The van der Waals surface area contributed by atoms with Crippen molar-refractivity contribution in [2.24, 2.45) is 0 Å². The lowest BCUT2D eigenvalue weighted by Crippen LogP contribution is -2.60. The Morgan fingerprint density at radius 3 is 1.52 bits per heavy atom. The van der Waals surface area contributed by atoms with Crippen LogP contribution >= 0.6 is 0 Å². The quantitative estimate of drug-likeness (QED) is 0.0266. The second kappa shape index (κ2) is 40.4. The molecule has 9 nitrogen and oxygen atoms in total. The van der Waals surface area contributed by atoms with Crippen LogP contribution < -0.4 is 5.32 Å². The first-order valence-corrected chi connectivity index (χ1v) is 23.8. The predicted molar refractivity (Wildman–Crippen MR) is 248 cm³/mol. The van der Waals surface area contributed by atoms with Gasteiger partial charge in [-0.2, -0.15) is 0 Å². The van der Waals surface area contributed by atoms with Crippen LogP contribution in [0.2, 0.25) is 0 Å². The van der Waals surface area contributed by atoms with E-state index in [1.807, 2.05) is 6.08 Å². The summed E-state index contributed by atoms with van der Waals surface area (Å²) in [5, 5.41) is 53.6. The molecule has 6 N–H and O–H groups in total. The van der Waals surface area contributed by atoms with Gasteiger partial charge in [0.2, 0.25) is 5.91 Å². The van der Waals surface area contributed by atoms with E-state index in [1.165, 1.54) is 77.0 Å². The molecule has 0 radical (unpaired) electrons. The van der Waals surface area contributed by atoms with Gasteiger partial charge < -0.3 is 40.3 Å². The lowest BCUT2D eigenvalue weighted by atomic mass is 9.99. The van der Waals surface area contributed by atoms with Crippen LogP contribution in [0.4, 0.5) is 0 Å². The number of aliphatic hydroxyl groups excluding tert-OH is 5. The van der Waals surface area contributed by atoms with Gasteiger partial charge in [-0.25, -0.2) is 0 Å². The van der Waals surface area contributed by atoms with Gasteiger partial charge in [-0.05, 0) is 64.2 Å². The van der Waals surface area contributed by atoms with Crippen LogP contribution in [-0.4, -0.2) is 87.5 Å². The summed E-state index contributed by atoms with van der Waals surface area (Å²) in [6, 6.07) is -0.804. The van der Waals surface area contributed by atoms with E-state index in [4.69, 9.17) is 9.47 Å². The van der Waals surface area contributed by atoms with Crippen molar-refractivity contribution < 1.29 is 39.8 Å².